The lowest BCUT2D eigenvalue weighted by Gasteiger charge is -2.08. The van der Waals surface area contributed by atoms with E-state index in [1.54, 1.807) is 12.1 Å². The number of hydrogen-bond acceptors (Lipinski definition) is 3. The maximum Gasteiger partial charge on any atom is 0.270 e. The topological polar surface area (TPSA) is 55.5 Å². The van der Waals surface area contributed by atoms with E-state index in [1.807, 2.05) is 13.0 Å². The van der Waals surface area contributed by atoms with Crippen molar-refractivity contribution in [3.8, 4) is 0 Å². The second kappa shape index (κ2) is 3.38. The molecule has 4 heteroatoms. The third kappa shape index (κ3) is 1.41. The molecule has 4 nitrogen and oxygen atoms in total. The number of nitro groups is 1. The minimum Gasteiger partial charge on any atom is -0.258 e. The van der Waals surface area contributed by atoms with E-state index < -0.39 is 0 Å². The summed E-state index contributed by atoms with van der Waals surface area (Å²) in [5.41, 5.74) is 3.31. The Balaban J connectivity index is 2.38. The van der Waals surface area contributed by atoms with Crippen molar-refractivity contribution in [2.75, 3.05) is 0 Å². The molecule has 0 aromatic heterocycles. The molecule has 0 bridgehead atoms. The molecule has 1 aromatic carbocycles. The van der Waals surface area contributed by atoms with Gasteiger partial charge in [0.05, 0.1) is 16.0 Å². The summed E-state index contributed by atoms with van der Waals surface area (Å²) in [5.74, 6) is 0. The Bertz CT molecular complexity index is 711. The molecule has 0 amide bonds. The lowest BCUT2D eigenvalue weighted by Crippen LogP contribution is -2.22. The van der Waals surface area contributed by atoms with Crippen LogP contribution in [0.4, 0.5) is 5.69 Å². The second-order valence-electron chi connectivity index (χ2n) is 4.22. The van der Waals surface area contributed by atoms with E-state index in [9.17, 15) is 10.1 Å². The highest BCUT2D eigenvalue weighted by Crippen LogP contribution is 2.26. The van der Waals surface area contributed by atoms with Gasteiger partial charge in [0.15, 0.2) is 0 Å². The number of hydrogen-bond donors (Lipinski definition) is 0. The van der Waals surface area contributed by atoms with Crippen molar-refractivity contribution in [3.05, 3.63) is 62.3 Å². The van der Waals surface area contributed by atoms with E-state index >= 15 is 0 Å². The molecule has 0 atom stereocenters. The van der Waals surface area contributed by atoms with Crippen LogP contribution in [0.2, 0.25) is 0 Å². The molecule has 1 aliphatic carbocycles. The van der Waals surface area contributed by atoms with Crippen LogP contribution >= 0.6 is 0 Å². The van der Waals surface area contributed by atoms with Crippen LogP contribution in [-0.4, -0.2) is 4.92 Å². The lowest BCUT2D eigenvalue weighted by molar-refractivity contribution is -0.385. The van der Waals surface area contributed by atoms with Gasteiger partial charge in [-0.25, -0.2) is 4.99 Å². The van der Waals surface area contributed by atoms with Crippen LogP contribution in [0.25, 0.3) is 5.57 Å². The lowest BCUT2D eigenvalue weighted by atomic mass is 9.99. The summed E-state index contributed by atoms with van der Waals surface area (Å²) in [7, 11) is 0. The number of benzene rings is 1. The predicted molar refractivity (Wildman–Crippen MR) is 63.7 cm³/mol. The quantitative estimate of drug-likeness (QED) is 0.539. The summed E-state index contributed by atoms with van der Waals surface area (Å²) in [4.78, 5) is 14.9. The standard InChI is InChI=1S/C13H10N2O2/c1-8-3-2-4-10-11-7-9(15(16)17)5-6-12(11)14-13(8)10/h2,4-7H,3H2,1H3. The highest BCUT2D eigenvalue weighted by Gasteiger charge is 2.17. The van der Waals surface area contributed by atoms with Crippen LogP contribution in [-0.2, 0) is 0 Å². The Hall–Kier alpha value is -2.23. The molecule has 84 valence electrons. The van der Waals surface area contributed by atoms with E-state index in [1.165, 1.54) is 11.6 Å². The molecule has 1 aliphatic heterocycles. The van der Waals surface area contributed by atoms with Crippen molar-refractivity contribution in [1.29, 1.82) is 0 Å². The van der Waals surface area contributed by atoms with Gasteiger partial charge in [0.25, 0.3) is 5.69 Å². The average Bonchev–Trinajstić information content (AvgIpc) is 2.68. The number of nitrogens with zero attached hydrogens (tertiary/aromatic N) is 2. The Morgan fingerprint density at radius 3 is 3.00 bits per heavy atom. The fourth-order valence-electron chi connectivity index (χ4n) is 2.20. The highest BCUT2D eigenvalue weighted by atomic mass is 16.6. The monoisotopic (exact) mass is 226 g/mol. The second-order valence-corrected chi connectivity index (χ2v) is 4.22. The number of non-ortho nitro benzene ring substituents is 1. The van der Waals surface area contributed by atoms with Crippen LogP contribution < -0.4 is 10.6 Å². The zero-order valence-corrected chi connectivity index (χ0v) is 9.30. The molecule has 2 aliphatic rings. The van der Waals surface area contributed by atoms with E-state index in [2.05, 4.69) is 11.1 Å². The van der Waals surface area contributed by atoms with Crippen LogP contribution in [0.5, 0.6) is 0 Å². The molecule has 17 heavy (non-hydrogen) atoms. The molecule has 0 fully saturated rings. The molecule has 0 saturated carbocycles. The summed E-state index contributed by atoms with van der Waals surface area (Å²) >= 11 is 0. The number of fused-ring (bicyclic) bond motifs is 2. The smallest absolute Gasteiger partial charge is 0.258 e. The van der Waals surface area contributed by atoms with Crippen molar-refractivity contribution in [1.82, 2.24) is 0 Å². The molecule has 0 radical (unpaired) electrons. The average molecular weight is 226 g/mol. The molecule has 3 rings (SSSR count). The van der Waals surface area contributed by atoms with Crippen LogP contribution in [0.3, 0.4) is 0 Å². The van der Waals surface area contributed by atoms with Gasteiger partial charge < -0.3 is 0 Å². The first-order valence-corrected chi connectivity index (χ1v) is 5.41. The summed E-state index contributed by atoms with van der Waals surface area (Å²) in [6.45, 7) is 2.04. The third-order valence-electron chi connectivity index (χ3n) is 3.08. The molecule has 1 heterocycles. The molecule has 0 saturated heterocycles. The van der Waals surface area contributed by atoms with Gasteiger partial charge in [0.2, 0.25) is 0 Å². The third-order valence-corrected chi connectivity index (χ3v) is 3.08. The Morgan fingerprint density at radius 1 is 1.41 bits per heavy atom. The molecular weight excluding hydrogens is 216 g/mol. The molecular formula is C13H10N2O2. The summed E-state index contributed by atoms with van der Waals surface area (Å²) in [6, 6.07) is 4.82. The first-order chi connectivity index (χ1) is 8.16. The molecule has 0 unspecified atom stereocenters. The first kappa shape index (κ1) is 9.96. The minimum atomic E-state index is -0.373. The molecule has 0 spiro atoms. The van der Waals surface area contributed by atoms with Crippen molar-refractivity contribution in [2.45, 2.75) is 13.3 Å². The van der Waals surface area contributed by atoms with Crippen LogP contribution in [0, 0.1) is 10.1 Å². The van der Waals surface area contributed by atoms with Gasteiger partial charge in [-0.1, -0.05) is 12.2 Å². The van der Waals surface area contributed by atoms with Crippen molar-refractivity contribution in [2.24, 2.45) is 4.99 Å². The number of rotatable bonds is 1. The Labute approximate surface area is 97.5 Å². The fraction of sp³-hybridized carbons (Fsp3) is 0.154. The molecule has 0 N–H and O–H groups in total. The van der Waals surface area contributed by atoms with Gasteiger partial charge in [-0.05, 0) is 25.0 Å². The van der Waals surface area contributed by atoms with Crippen molar-refractivity contribution < 1.29 is 4.92 Å². The van der Waals surface area contributed by atoms with Crippen LogP contribution in [0.15, 0.2) is 46.6 Å². The zero-order valence-electron chi connectivity index (χ0n) is 9.30. The maximum absolute atomic E-state index is 10.8. The maximum atomic E-state index is 10.8. The summed E-state index contributed by atoms with van der Waals surface area (Å²) in [5, 5.41) is 12.5. The SMILES string of the molecule is CC1=C2N=c3ccc([N+](=O)[O-])cc3=C2C=CC1. The minimum absolute atomic E-state index is 0.115. The number of allylic oxidation sites excluding steroid dienone is 3. The Kier molecular flexibility index (Phi) is 1.98. The summed E-state index contributed by atoms with van der Waals surface area (Å²) < 4.78 is 0. The first-order valence-electron chi connectivity index (χ1n) is 5.41. The van der Waals surface area contributed by atoms with Crippen molar-refractivity contribution >= 4 is 11.3 Å². The van der Waals surface area contributed by atoms with E-state index in [-0.39, 0.29) is 10.6 Å². The molecule has 1 aromatic rings. The van der Waals surface area contributed by atoms with Gasteiger partial charge in [-0.15, -0.1) is 0 Å². The summed E-state index contributed by atoms with van der Waals surface area (Å²) in [6.07, 6.45) is 4.97. The highest BCUT2D eigenvalue weighted by molar-refractivity contribution is 5.77. The fourth-order valence-corrected chi connectivity index (χ4v) is 2.20. The van der Waals surface area contributed by atoms with E-state index in [4.69, 9.17) is 0 Å². The van der Waals surface area contributed by atoms with Gasteiger partial charge >= 0.3 is 0 Å². The van der Waals surface area contributed by atoms with Gasteiger partial charge in [0.1, 0.15) is 0 Å². The van der Waals surface area contributed by atoms with Gasteiger partial charge in [-0.3, -0.25) is 10.1 Å². The zero-order chi connectivity index (χ0) is 12.0. The Morgan fingerprint density at radius 2 is 2.24 bits per heavy atom. The van der Waals surface area contributed by atoms with Crippen LogP contribution in [0.1, 0.15) is 13.3 Å². The van der Waals surface area contributed by atoms with E-state index in [0.717, 1.165) is 28.3 Å². The predicted octanol–water partition coefficient (Wildman–Crippen LogP) is 1.61. The number of nitro benzene ring substituents is 1. The largest absolute Gasteiger partial charge is 0.270 e. The normalized spacial score (nSPS) is 16.6. The van der Waals surface area contributed by atoms with Gasteiger partial charge in [-0.2, -0.15) is 0 Å². The van der Waals surface area contributed by atoms with Gasteiger partial charge in [0, 0.05) is 22.9 Å². The van der Waals surface area contributed by atoms with Crippen molar-refractivity contribution in [3.63, 3.8) is 0 Å². The van der Waals surface area contributed by atoms with E-state index in [0.29, 0.717) is 0 Å².